The van der Waals surface area contributed by atoms with E-state index in [0.717, 1.165) is 19.3 Å². The summed E-state index contributed by atoms with van der Waals surface area (Å²) in [6, 6.07) is 0. The summed E-state index contributed by atoms with van der Waals surface area (Å²) in [6.07, 6.45) is 5.57. The Morgan fingerprint density at radius 2 is 2.11 bits per heavy atom. The lowest BCUT2D eigenvalue weighted by molar-refractivity contribution is -0.140. The molecule has 3 heteroatoms. The predicted molar refractivity (Wildman–Crippen MR) is 67.9 cm³/mol. The minimum Gasteiger partial charge on any atom is -0.455 e. The molecule has 2 fully saturated rings. The van der Waals surface area contributed by atoms with Gasteiger partial charge in [0, 0.05) is 11.5 Å². The average molecular weight is 248 g/mol. The number of epoxide rings is 1. The zero-order valence-electron chi connectivity index (χ0n) is 11.0. The molecule has 0 aromatic carbocycles. The van der Waals surface area contributed by atoms with Gasteiger partial charge in [-0.15, -0.1) is 0 Å². The minimum absolute atomic E-state index is 0.0941. The van der Waals surface area contributed by atoms with E-state index in [1.54, 1.807) is 0 Å². The van der Waals surface area contributed by atoms with E-state index in [2.05, 4.69) is 26.5 Å². The molecule has 3 nitrogen and oxygen atoms in total. The fraction of sp³-hybridized carbons (Fsp3) is 0.667. The van der Waals surface area contributed by atoms with Gasteiger partial charge in [0.25, 0.3) is 0 Å². The molecule has 18 heavy (non-hydrogen) atoms. The van der Waals surface area contributed by atoms with Crippen molar-refractivity contribution in [3.05, 3.63) is 23.8 Å². The summed E-state index contributed by atoms with van der Waals surface area (Å²) in [7, 11) is 0. The summed E-state index contributed by atoms with van der Waals surface area (Å²) >= 11 is 0. The first-order valence-electron chi connectivity index (χ1n) is 6.79. The highest BCUT2D eigenvalue weighted by molar-refractivity contribution is 5.90. The first-order valence-corrected chi connectivity index (χ1v) is 6.79. The summed E-state index contributed by atoms with van der Waals surface area (Å²) in [5.74, 6) is 0.408. The first kappa shape index (κ1) is 12.0. The van der Waals surface area contributed by atoms with E-state index >= 15 is 0 Å². The van der Waals surface area contributed by atoms with Gasteiger partial charge in [-0.05, 0) is 32.1 Å². The Hall–Kier alpha value is -1.09. The van der Waals surface area contributed by atoms with E-state index < -0.39 is 0 Å². The van der Waals surface area contributed by atoms with Crippen LogP contribution < -0.4 is 0 Å². The van der Waals surface area contributed by atoms with Gasteiger partial charge in [-0.25, -0.2) is 4.79 Å². The molecule has 98 valence electrons. The number of carbonyl (C=O) groups excluding carboxylic acids is 1. The van der Waals surface area contributed by atoms with Crippen LogP contribution in [0.25, 0.3) is 0 Å². The number of ether oxygens (including phenoxy) is 2. The largest absolute Gasteiger partial charge is 0.455 e. The Morgan fingerprint density at radius 3 is 2.89 bits per heavy atom. The number of fused-ring (bicyclic) bond motifs is 3. The molecule has 0 N–H and O–H groups in total. The average Bonchev–Trinajstić information content (AvgIpc) is 3.08. The molecule has 0 aromatic rings. The first-order chi connectivity index (χ1) is 8.58. The smallest absolute Gasteiger partial charge is 0.334 e. The Morgan fingerprint density at radius 1 is 1.33 bits per heavy atom. The molecule has 0 radical (unpaired) electrons. The van der Waals surface area contributed by atoms with Crippen molar-refractivity contribution in [2.45, 2.75) is 51.4 Å². The SMILES string of the molecule is C=C1C(=O)O[C@@H]2[C@@H]3OC3[C@@H](C)C/C=C(\C)CC[C@@H]12. The molecule has 0 aromatic heterocycles. The van der Waals surface area contributed by atoms with Crippen molar-refractivity contribution < 1.29 is 14.3 Å². The van der Waals surface area contributed by atoms with Gasteiger partial charge in [-0.2, -0.15) is 0 Å². The zero-order valence-corrected chi connectivity index (χ0v) is 11.0. The second-order valence-electron chi connectivity index (χ2n) is 5.87. The molecule has 0 saturated carbocycles. The summed E-state index contributed by atoms with van der Waals surface area (Å²) in [4.78, 5) is 11.7. The lowest BCUT2D eigenvalue weighted by Gasteiger charge is -2.18. The molecular weight excluding hydrogens is 228 g/mol. The molecular formula is C15H20O3. The van der Waals surface area contributed by atoms with Gasteiger partial charge in [0.1, 0.15) is 12.2 Å². The van der Waals surface area contributed by atoms with Crippen LogP contribution in [0, 0.1) is 11.8 Å². The molecule has 3 rings (SSSR count). The van der Waals surface area contributed by atoms with Crippen LogP contribution in [0.1, 0.15) is 33.1 Å². The second-order valence-corrected chi connectivity index (χ2v) is 5.87. The molecule has 2 saturated heterocycles. The summed E-state index contributed by atoms with van der Waals surface area (Å²) in [6.45, 7) is 8.26. The quantitative estimate of drug-likeness (QED) is 0.286. The molecule has 0 spiro atoms. The Kier molecular flexibility index (Phi) is 2.81. The topological polar surface area (TPSA) is 38.8 Å². The molecule has 2 heterocycles. The van der Waals surface area contributed by atoms with Crippen LogP contribution in [0.15, 0.2) is 23.8 Å². The van der Waals surface area contributed by atoms with Crippen molar-refractivity contribution >= 4 is 5.97 Å². The lowest BCUT2D eigenvalue weighted by Crippen LogP contribution is -2.26. The normalized spacial score (nSPS) is 46.6. The van der Waals surface area contributed by atoms with Crippen LogP contribution in [0.3, 0.4) is 0 Å². The Labute approximate surface area is 108 Å². The maximum atomic E-state index is 11.7. The van der Waals surface area contributed by atoms with Crippen molar-refractivity contribution in [2.75, 3.05) is 0 Å². The van der Waals surface area contributed by atoms with E-state index in [1.165, 1.54) is 5.57 Å². The van der Waals surface area contributed by atoms with E-state index in [0.29, 0.717) is 11.5 Å². The van der Waals surface area contributed by atoms with Gasteiger partial charge < -0.3 is 9.47 Å². The van der Waals surface area contributed by atoms with Crippen molar-refractivity contribution in [3.63, 3.8) is 0 Å². The summed E-state index contributed by atoms with van der Waals surface area (Å²) < 4.78 is 11.2. The summed E-state index contributed by atoms with van der Waals surface area (Å²) in [5, 5.41) is 0. The second kappa shape index (κ2) is 4.23. The minimum atomic E-state index is -0.229. The van der Waals surface area contributed by atoms with Crippen molar-refractivity contribution in [3.8, 4) is 0 Å². The van der Waals surface area contributed by atoms with Crippen LogP contribution in [0.5, 0.6) is 0 Å². The van der Waals surface area contributed by atoms with Gasteiger partial charge in [-0.3, -0.25) is 0 Å². The highest BCUT2D eigenvalue weighted by Crippen LogP contribution is 2.44. The maximum Gasteiger partial charge on any atom is 0.334 e. The molecule has 3 aliphatic rings. The maximum absolute atomic E-state index is 11.7. The predicted octanol–water partition coefficient (Wildman–Crippen LogP) is 2.62. The van der Waals surface area contributed by atoms with E-state index in [-0.39, 0.29) is 30.2 Å². The van der Waals surface area contributed by atoms with E-state index in [4.69, 9.17) is 9.47 Å². The Balaban J connectivity index is 1.85. The Bertz CT molecular complexity index is 423. The number of allylic oxidation sites excluding steroid dienone is 2. The molecule has 5 atom stereocenters. The van der Waals surface area contributed by atoms with Gasteiger partial charge in [0.2, 0.25) is 0 Å². The number of hydrogen-bond donors (Lipinski definition) is 0. The lowest BCUT2D eigenvalue weighted by atomic mass is 9.85. The van der Waals surface area contributed by atoms with Crippen LogP contribution in [-0.2, 0) is 14.3 Å². The van der Waals surface area contributed by atoms with Crippen molar-refractivity contribution in [2.24, 2.45) is 11.8 Å². The van der Waals surface area contributed by atoms with Crippen LogP contribution in [-0.4, -0.2) is 24.3 Å². The van der Waals surface area contributed by atoms with Gasteiger partial charge in [0.15, 0.2) is 0 Å². The monoisotopic (exact) mass is 248 g/mol. The standard InChI is InChI=1S/C15H20O3/c1-8-4-6-9(2)12-14(17-12)13-11(7-5-8)10(3)15(16)18-13/h4,9,11-14H,3,5-7H2,1-2H3/b8-4+/t9-,11-,12?,13-,14+/m0/s1. The third-order valence-corrected chi connectivity index (χ3v) is 4.48. The fourth-order valence-electron chi connectivity index (χ4n) is 3.13. The van der Waals surface area contributed by atoms with Gasteiger partial charge in [-0.1, -0.05) is 25.2 Å². The third-order valence-electron chi connectivity index (χ3n) is 4.48. The molecule has 1 unspecified atom stereocenters. The van der Waals surface area contributed by atoms with Gasteiger partial charge >= 0.3 is 5.97 Å². The molecule has 0 bridgehead atoms. The number of rotatable bonds is 0. The number of hydrogen-bond acceptors (Lipinski definition) is 3. The zero-order chi connectivity index (χ0) is 12.9. The number of carbonyl (C=O) groups is 1. The van der Waals surface area contributed by atoms with Crippen LogP contribution in [0.2, 0.25) is 0 Å². The van der Waals surface area contributed by atoms with Gasteiger partial charge in [0.05, 0.1) is 6.10 Å². The molecule has 1 aliphatic carbocycles. The van der Waals surface area contributed by atoms with E-state index in [1.807, 2.05) is 0 Å². The molecule has 2 aliphatic heterocycles. The third kappa shape index (κ3) is 1.91. The molecule has 0 amide bonds. The van der Waals surface area contributed by atoms with Crippen LogP contribution >= 0.6 is 0 Å². The highest BCUT2D eigenvalue weighted by Gasteiger charge is 2.55. The van der Waals surface area contributed by atoms with Crippen LogP contribution in [0.4, 0.5) is 0 Å². The number of esters is 1. The van der Waals surface area contributed by atoms with E-state index in [9.17, 15) is 4.79 Å². The highest BCUT2D eigenvalue weighted by atomic mass is 16.6. The van der Waals surface area contributed by atoms with Crippen molar-refractivity contribution in [1.82, 2.24) is 0 Å². The van der Waals surface area contributed by atoms with Crippen molar-refractivity contribution in [1.29, 1.82) is 0 Å². The fourth-order valence-corrected chi connectivity index (χ4v) is 3.13. The summed E-state index contributed by atoms with van der Waals surface area (Å²) in [5.41, 5.74) is 2.03.